The molecule has 4 aromatic carbocycles. The molecule has 214 valence electrons. The number of nitrogens with one attached hydrogen (secondary N) is 1. The molecule has 0 unspecified atom stereocenters. The van der Waals surface area contributed by atoms with Gasteiger partial charge in [-0.3, -0.25) is 14.4 Å². The molecule has 3 amide bonds. The maximum atomic E-state index is 14.0. The highest BCUT2D eigenvalue weighted by Crippen LogP contribution is 2.37. The summed E-state index contributed by atoms with van der Waals surface area (Å²) < 4.78 is 0. The maximum absolute atomic E-state index is 14.0. The highest BCUT2D eigenvalue weighted by atomic mass is 16.2. The summed E-state index contributed by atoms with van der Waals surface area (Å²) in [5.41, 5.74) is 3.61. The molecule has 1 aliphatic carbocycles. The molecule has 0 saturated heterocycles. The Morgan fingerprint density at radius 1 is 0.833 bits per heavy atom. The van der Waals surface area contributed by atoms with E-state index in [0.29, 0.717) is 31.5 Å². The van der Waals surface area contributed by atoms with Gasteiger partial charge in [-0.1, -0.05) is 97.8 Å². The van der Waals surface area contributed by atoms with Crippen LogP contribution >= 0.6 is 0 Å². The summed E-state index contributed by atoms with van der Waals surface area (Å²) in [4.78, 5) is 44.7. The SMILES string of the molecule is O=C(NC1CCCC1)[C@@H](Cc1ccccc1)N(Cc1ccccc1)C(=O)CCCN1C(=O)c2cccc3cccc1c23. The van der Waals surface area contributed by atoms with Crippen molar-refractivity contribution in [3.8, 4) is 0 Å². The lowest BCUT2D eigenvalue weighted by atomic mass is 10.0. The predicted molar refractivity (Wildman–Crippen MR) is 166 cm³/mol. The fourth-order valence-electron chi connectivity index (χ4n) is 6.43. The minimum Gasteiger partial charge on any atom is -0.352 e. The van der Waals surface area contributed by atoms with Gasteiger partial charge >= 0.3 is 0 Å². The van der Waals surface area contributed by atoms with Crippen molar-refractivity contribution in [2.45, 2.75) is 63.6 Å². The van der Waals surface area contributed by atoms with E-state index in [1.54, 1.807) is 9.80 Å². The van der Waals surface area contributed by atoms with Crippen molar-refractivity contribution in [2.24, 2.45) is 0 Å². The summed E-state index contributed by atoms with van der Waals surface area (Å²) in [5, 5.41) is 5.29. The second-order valence-corrected chi connectivity index (χ2v) is 11.4. The van der Waals surface area contributed by atoms with E-state index in [9.17, 15) is 14.4 Å². The second kappa shape index (κ2) is 12.6. The van der Waals surface area contributed by atoms with Gasteiger partial charge in [0.15, 0.2) is 0 Å². The average molecular weight is 560 g/mol. The lowest BCUT2D eigenvalue weighted by Crippen LogP contribution is -2.52. The third kappa shape index (κ3) is 5.94. The number of carbonyl (C=O) groups excluding carboxylic acids is 3. The highest BCUT2D eigenvalue weighted by Gasteiger charge is 2.33. The van der Waals surface area contributed by atoms with E-state index in [1.807, 2.05) is 97.1 Å². The molecule has 1 N–H and O–H groups in total. The fourth-order valence-corrected chi connectivity index (χ4v) is 6.43. The van der Waals surface area contributed by atoms with Gasteiger partial charge in [0.05, 0.1) is 5.69 Å². The first kappa shape index (κ1) is 27.7. The first-order chi connectivity index (χ1) is 20.6. The van der Waals surface area contributed by atoms with Crippen LogP contribution in [0.2, 0.25) is 0 Å². The summed E-state index contributed by atoms with van der Waals surface area (Å²) in [6, 6.07) is 31.1. The number of hydrogen-bond donors (Lipinski definition) is 1. The normalized spacial score (nSPS) is 15.2. The molecular formula is C36H37N3O3. The summed E-state index contributed by atoms with van der Waals surface area (Å²) in [6.45, 7) is 0.790. The number of anilines is 1. The van der Waals surface area contributed by atoms with Crippen LogP contribution in [0.1, 0.15) is 60.0 Å². The molecule has 42 heavy (non-hydrogen) atoms. The Labute approximate surface area is 247 Å². The van der Waals surface area contributed by atoms with Gasteiger partial charge in [-0.05, 0) is 47.9 Å². The molecule has 1 saturated carbocycles. The first-order valence-corrected chi connectivity index (χ1v) is 15.1. The van der Waals surface area contributed by atoms with E-state index >= 15 is 0 Å². The van der Waals surface area contributed by atoms with Crippen LogP contribution < -0.4 is 10.2 Å². The third-order valence-electron chi connectivity index (χ3n) is 8.59. The standard InChI is InChI=1S/C36H37N3O3/c40-33(22-11-23-38-31-21-10-17-28-16-9-20-30(34(28)31)36(38)42)39(25-27-14-5-2-6-15-27)32(24-26-12-3-1-4-13-26)35(41)37-29-18-7-8-19-29/h1-6,9-10,12-17,20-21,29,32H,7-8,11,18-19,22-25H2,(H,37,41)/t32-/m1/s1. The van der Waals surface area contributed by atoms with Crippen molar-refractivity contribution < 1.29 is 14.4 Å². The third-order valence-corrected chi connectivity index (χ3v) is 8.59. The zero-order chi connectivity index (χ0) is 28.9. The van der Waals surface area contributed by atoms with E-state index < -0.39 is 6.04 Å². The minimum atomic E-state index is -0.632. The summed E-state index contributed by atoms with van der Waals surface area (Å²) in [6.07, 6.45) is 5.39. The Hall–Kier alpha value is -4.45. The molecule has 4 aromatic rings. The van der Waals surface area contributed by atoms with E-state index in [-0.39, 0.29) is 30.2 Å². The Morgan fingerprint density at radius 3 is 2.21 bits per heavy atom. The molecule has 6 rings (SSSR count). The topological polar surface area (TPSA) is 69.7 Å². The van der Waals surface area contributed by atoms with Gasteiger partial charge in [-0.15, -0.1) is 0 Å². The second-order valence-electron chi connectivity index (χ2n) is 11.4. The van der Waals surface area contributed by atoms with Crippen LogP contribution in [-0.2, 0) is 22.6 Å². The molecule has 1 aliphatic heterocycles. The van der Waals surface area contributed by atoms with Crippen LogP contribution in [0.15, 0.2) is 97.1 Å². The Morgan fingerprint density at radius 2 is 1.50 bits per heavy atom. The van der Waals surface area contributed by atoms with Crippen LogP contribution in [0.25, 0.3) is 10.8 Å². The fraction of sp³-hybridized carbons (Fsp3) is 0.306. The van der Waals surface area contributed by atoms with Crippen molar-refractivity contribution in [1.29, 1.82) is 0 Å². The van der Waals surface area contributed by atoms with Gasteiger partial charge in [0.25, 0.3) is 5.91 Å². The van der Waals surface area contributed by atoms with E-state index in [2.05, 4.69) is 5.32 Å². The molecule has 6 heteroatoms. The molecule has 1 fully saturated rings. The smallest absolute Gasteiger partial charge is 0.258 e. The van der Waals surface area contributed by atoms with Crippen LogP contribution in [0.5, 0.6) is 0 Å². The molecule has 0 aromatic heterocycles. The van der Waals surface area contributed by atoms with E-state index in [1.165, 1.54) is 0 Å². The van der Waals surface area contributed by atoms with Crippen molar-refractivity contribution in [3.63, 3.8) is 0 Å². The number of carbonyl (C=O) groups is 3. The summed E-state index contributed by atoms with van der Waals surface area (Å²) in [5.74, 6) is -0.191. The minimum absolute atomic E-state index is 0.0201. The molecule has 1 atom stereocenters. The van der Waals surface area contributed by atoms with Gasteiger partial charge in [0.2, 0.25) is 11.8 Å². The first-order valence-electron chi connectivity index (χ1n) is 15.1. The van der Waals surface area contributed by atoms with Crippen molar-refractivity contribution in [3.05, 3.63) is 114 Å². The van der Waals surface area contributed by atoms with Crippen LogP contribution in [0, 0.1) is 0 Å². The van der Waals surface area contributed by atoms with Gasteiger partial charge in [-0.25, -0.2) is 0 Å². The Kier molecular flexibility index (Phi) is 8.31. The number of hydrogen-bond acceptors (Lipinski definition) is 3. The molecule has 0 radical (unpaired) electrons. The highest BCUT2D eigenvalue weighted by molar-refractivity contribution is 6.25. The number of amides is 3. The van der Waals surface area contributed by atoms with Crippen LogP contribution in [-0.4, -0.2) is 41.2 Å². The summed E-state index contributed by atoms with van der Waals surface area (Å²) in [7, 11) is 0. The van der Waals surface area contributed by atoms with Gasteiger partial charge < -0.3 is 15.1 Å². The molecule has 0 bridgehead atoms. The largest absolute Gasteiger partial charge is 0.352 e. The van der Waals surface area contributed by atoms with E-state index in [0.717, 1.165) is 53.3 Å². The number of nitrogens with zero attached hydrogens (tertiary/aromatic N) is 2. The lowest BCUT2D eigenvalue weighted by molar-refractivity contribution is -0.141. The molecule has 6 nitrogen and oxygen atoms in total. The van der Waals surface area contributed by atoms with Crippen LogP contribution in [0.4, 0.5) is 5.69 Å². The quantitative estimate of drug-likeness (QED) is 0.235. The van der Waals surface area contributed by atoms with Crippen molar-refractivity contribution in [2.75, 3.05) is 11.4 Å². The molecular weight excluding hydrogens is 522 g/mol. The zero-order valence-corrected chi connectivity index (χ0v) is 23.9. The van der Waals surface area contributed by atoms with Crippen LogP contribution in [0.3, 0.4) is 0 Å². The Bertz CT molecular complexity index is 1560. The maximum Gasteiger partial charge on any atom is 0.258 e. The molecule has 2 aliphatic rings. The summed E-state index contributed by atoms with van der Waals surface area (Å²) >= 11 is 0. The molecule has 1 heterocycles. The van der Waals surface area contributed by atoms with Gasteiger partial charge in [-0.2, -0.15) is 0 Å². The Balaban J connectivity index is 1.22. The number of rotatable bonds is 11. The van der Waals surface area contributed by atoms with Crippen molar-refractivity contribution in [1.82, 2.24) is 10.2 Å². The van der Waals surface area contributed by atoms with E-state index in [4.69, 9.17) is 0 Å². The monoisotopic (exact) mass is 559 g/mol. The predicted octanol–water partition coefficient (Wildman–Crippen LogP) is 6.28. The average Bonchev–Trinajstić information content (AvgIpc) is 3.63. The van der Waals surface area contributed by atoms with Gasteiger partial charge in [0.1, 0.15) is 6.04 Å². The van der Waals surface area contributed by atoms with Crippen molar-refractivity contribution >= 4 is 34.2 Å². The number of benzene rings is 4. The molecule has 0 spiro atoms. The van der Waals surface area contributed by atoms with Gasteiger partial charge in [0, 0.05) is 42.9 Å². The zero-order valence-electron chi connectivity index (χ0n) is 23.9. The lowest BCUT2D eigenvalue weighted by Gasteiger charge is -2.32.